The topological polar surface area (TPSA) is 59.9 Å². The number of hydrogen-bond donors (Lipinski definition) is 1. The van der Waals surface area contributed by atoms with Crippen molar-refractivity contribution in [3.63, 3.8) is 0 Å². The molecule has 0 aromatic heterocycles. The van der Waals surface area contributed by atoms with Crippen molar-refractivity contribution in [1.29, 1.82) is 0 Å². The zero-order chi connectivity index (χ0) is 13.7. The molecule has 1 aromatic carbocycles. The van der Waals surface area contributed by atoms with Crippen LogP contribution in [-0.4, -0.2) is 31.9 Å². The Bertz CT molecular complexity index is 489. The third-order valence-electron chi connectivity index (χ3n) is 3.13. The second-order valence-corrected chi connectivity index (χ2v) is 4.36. The van der Waals surface area contributed by atoms with Crippen LogP contribution in [0.15, 0.2) is 23.3 Å². The van der Waals surface area contributed by atoms with Crippen molar-refractivity contribution >= 4 is 11.6 Å². The number of nitrogens with zero attached hydrogens (tertiary/aromatic N) is 1. The molecule has 0 saturated carbocycles. The third kappa shape index (κ3) is 3.32. The highest BCUT2D eigenvalue weighted by molar-refractivity contribution is 5.97. The van der Waals surface area contributed by atoms with Crippen molar-refractivity contribution < 1.29 is 14.3 Å². The van der Waals surface area contributed by atoms with Gasteiger partial charge in [-0.15, -0.1) is 0 Å². The fourth-order valence-corrected chi connectivity index (χ4v) is 1.99. The lowest BCUT2D eigenvalue weighted by molar-refractivity contribution is 0.0951. The molecule has 1 aliphatic heterocycles. The maximum atomic E-state index is 12.1. The molecule has 1 aromatic rings. The van der Waals surface area contributed by atoms with Gasteiger partial charge in [-0.25, -0.2) is 5.43 Å². The minimum Gasteiger partial charge on any atom is -0.496 e. The molecule has 0 atom stereocenters. The second-order valence-electron chi connectivity index (χ2n) is 4.36. The van der Waals surface area contributed by atoms with Gasteiger partial charge >= 0.3 is 0 Å². The Morgan fingerprint density at radius 2 is 2.11 bits per heavy atom. The summed E-state index contributed by atoms with van der Waals surface area (Å²) in [5.74, 6) is 0.488. The van der Waals surface area contributed by atoms with Crippen LogP contribution < -0.4 is 10.2 Å². The van der Waals surface area contributed by atoms with Crippen LogP contribution >= 0.6 is 0 Å². The van der Waals surface area contributed by atoms with Crippen LogP contribution in [0.5, 0.6) is 5.75 Å². The molecule has 0 bridgehead atoms. The normalized spacial score (nSPS) is 14.9. The Balaban J connectivity index is 2.07. The lowest BCUT2D eigenvalue weighted by Gasteiger charge is -2.13. The van der Waals surface area contributed by atoms with Crippen LogP contribution in [0.3, 0.4) is 0 Å². The molecular weight excluding hydrogens is 244 g/mol. The summed E-state index contributed by atoms with van der Waals surface area (Å²) >= 11 is 0. The predicted octanol–water partition coefficient (Wildman–Crippen LogP) is 1.90. The molecular formula is C14H18N2O3. The molecule has 1 fully saturated rings. The number of methoxy groups -OCH3 is 1. The van der Waals surface area contributed by atoms with Crippen molar-refractivity contribution in [1.82, 2.24) is 5.43 Å². The van der Waals surface area contributed by atoms with Gasteiger partial charge in [-0.2, -0.15) is 5.10 Å². The number of amides is 1. The summed E-state index contributed by atoms with van der Waals surface area (Å²) in [6.45, 7) is 3.20. The number of carbonyl (C=O) groups excluding carboxylic acids is 1. The lowest BCUT2D eigenvalue weighted by Crippen LogP contribution is -2.23. The van der Waals surface area contributed by atoms with Gasteiger partial charge in [0.05, 0.1) is 20.3 Å². The standard InChI is InChI=1S/C14H18N2O3/c1-10-12(4-3-5-13(10)18-2)14(17)16-15-11-6-8-19-9-7-11/h3-5H,6-9H2,1-2H3,(H,16,17). The van der Waals surface area contributed by atoms with Crippen molar-refractivity contribution in [2.45, 2.75) is 19.8 Å². The van der Waals surface area contributed by atoms with Crippen LogP contribution in [0.25, 0.3) is 0 Å². The monoisotopic (exact) mass is 262 g/mol. The molecule has 102 valence electrons. The number of hydrogen-bond acceptors (Lipinski definition) is 4. The van der Waals surface area contributed by atoms with Crippen LogP contribution in [0.1, 0.15) is 28.8 Å². The Morgan fingerprint density at radius 1 is 1.37 bits per heavy atom. The van der Waals surface area contributed by atoms with E-state index in [4.69, 9.17) is 9.47 Å². The largest absolute Gasteiger partial charge is 0.496 e. The Hall–Kier alpha value is -1.88. The van der Waals surface area contributed by atoms with Gasteiger partial charge in [0.1, 0.15) is 5.75 Å². The molecule has 1 heterocycles. The van der Waals surface area contributed by atoms with Crippen LogP contribution in [0.4, 0.5) is 0 Å². The Labute approximate surface area is 112 Å². The quantitative estimate of drug-likeness (QED) is 0.846. The summed E-state index contributed by atoms with van der Waals surface area (Å²) in [4.78, 5) is 12.1. The van der Waals surface area contributed by atoms with Crippen LogP contribution in [0, 0.1) is 6.92 Å². The lowest BCUT2D eigenvalue weighted by atomic mass is 10.1. The van der Waals surface area contributed by atoms with Gasteiger partial charge in [0.2, 0.25) is 0 Å². The van der Waals surface area contributed by atoms with Gasteiger partial charge in [-0.05, 0) is 19.1 Å². The highest BCUT2D eigenvalue weighted by Crippen LogP contribution is 2.20. The van der Waals surface area contributed by atoms with Crippen molar-refractivity contribution in [2.24, 2.45) is 5.10 Å². The van der Waals surface area contributed by atoms with E-state index in [0.29, 0.717) is 24.5 Å². The number of ether oxygens (including phenoxy) is 2. The van der Waals surface area contributed by atoms with Crippen molar-refractivity contribution in [3.8, 4) is 5.75 Å². The average molecular weight is 262 g/mol. The number of carbonyl (C=O) groups is 1. The fraction of sp³-hybridized carbons (Fsp3) is 0.429. The summed E-state index contributed by atoms with van der Waals surface area (Å²) in [5, 5.41) is 4.15. The minimum absolute atomic E-state index is 0.213. The molecule has 0 radical (unpaired) electrons. The molecule has 1 aliphatic rings. The van der Waals surface area contributed by atoms with Crippen molar-refractivity contribution in [2.75, 3.05) is 20.3 Å². The van der Waals surface area contributed by atoms with E-state index in [1.54, 1.807) is 19.2 Å². The van der Waals surface area contributed by atoms with Crippen LogP contribution in [0.2, 0.25) is 0 Å². The van der Waals surface area contributed by atoms with E-state index in [0.717, 1.165) is 24.1 Å². The Kier molecular flexibility index (Phi) is 4.52. The van der Waals surface area contributed by atoms with Crippen LogP contribution in [-0.2, 0) is 4.74 Å². The highest BCUT2D eigenvalue weighted by Gasteiger charge is 2.12. The predicted molar refractivity (Wildman–Crippen MR) is 72.7 cm³/mol. The van der Waals surface area contributed by atoms with E-state index >= 15 is 0 Å². The molecule has 5 nitrogen and oxygen atoms in total. The maximum absolute atomic E-state index is 12.1. The second kappa shape index (κ2) is 6.33. The molecule has 0 aliphatic carbocycles. The zero-order valence-electron chi connectivity index (χ0n) is 11.2. The van der Waals surface area contributed by atoms with E-state index < -0.39 is 0 Å². The molecule has 0 unspecified atom stereocenters. The number of nitrogens with one attached hydrogen (secondary N) is 1. The van der Waals surface area contributed by atoms with E-state index in [-0.39, 0.29) is 5.91 Å². The molecule has 1 saturated heterocycles. The summed E-state index contributed by atoms with van der Waals surface area (Å²) in [5.41, 5.74) is 4.97. The van der Waals surface area contributed by atoms with Gasteiger partial charge in [-0.1, -0.05) is 6.07 Å². The van der Waals surface area contributed by atoms with Gasteiger partial charge < -0.3 is 9.47 Å². The van der Waals surface area contributed by atoms with E-state index in [9.17, 15) is 4.79 Å². The number of rotatable bonds is 3. The maximum Gasteiger partial charge on any atom is 0.271 e. The summed E-state index contributed by atoms with van der Waals surface area (Å²) < 4.78 is 10.4. The first-order chi connectivity index (χ1) is 9.22. The van der Waals surface area contributed by atoms with Gasteiger partial charge in [0.15, 0.2) is 0 Å². The molecule has 0 spiro atoms. The Morgan fingerprint density at radius 3 is 2.79 bits per heavy atom. The number of benzene rings is 1. The fourth-order valence-electron chi connectivity index (χ4n) is 1.99. The number of hydrazone groups is 1. The van der Waals surface area contributed by atoms with Crippen molar-refractivity contribution in [3.05, 3.63) is 29.3 Å². The first-order valence-electron chi connectivity index (χ1n) is 6.29. The molecule has 2 rings (SSSR count). The zero-order valence-corrected chi connectivity index (χ0v) is 11.2. The highest BCUT2D eigenvalue weighted by atomic mass is 16.5. The van der Waals surface area contributed by atoms with E-state index in [1.165, 1.54) is 0 Å². The minimum atomic E-state index is -0.213. The summed E-state index contributed by atoms with van der Waals surface area (Å²) in [6, 6.07) is 5.39. The smallest absolute Gasteiger partial charge is 0.271 e. The summed E-state index contributed by atoms with van der Waals surface area (Å²) in [7, 11) is 1.59. The SMILES string of the molecule is COc1cccc(C(=O)NN=C2CCOCC2)c1C. The van der Waals surface area contributed by atoms with Gasteiger partial charge in [0.25, 0.3) is 5.91 Å². The molecule has 5 heteroatoms. The average Bonchev–Trinajstić information content (AvgIpc) is 2.46. The first kappa shape index (κ1) is 13.5. The molecule has 19 heavy (non-hydrogen) atoms. The first-order valence-corrected chi connectivity index (χ1v) is 6.29. The molecule has 1 N–H and O–H groups in total. The van der Waals surface area contributed by atoms with E-state index in [2.05, 4.69) is 10.5 Å². The van der Waals surface area contributed by atoms with Gasteiger partial charge in [0, 0.05) is 29.7 Å². The van der Waals surface area contributed by atoms with Gasteiger partial charge in [-0.3, -0.25) is 4.79 Å². The third-order valence-corrected chi connectivity index (χ3v) is 3.13. The van der Waals surface area contributed by atoms with E-state index in [1.807, 2.05) is 13.0 Å². The summed E-state index contributed by atoms with van der Waals surface area (Å²) in [6.07, 6.45) is 1.55. The molecule has 1 amide bonds.